The molecule has 0 radical (unpaired) electrons. The molecule has 0 unspecified atom stereocenters. The molecule has 0 bridgehead atoms. The third kappa shape index (κ3) is 6.37. The lowest BCUT2D eigenvalue weighted by Gasteiger charge is -2.09. The fourth-order valence-electron chi connectivity index (χ4n) is 1.56. The molecular weight excluding hydrogens is 276 g/mol. The van der Waals surface area contributed by atoms with Gasteiger partial charge >= 0.3 is 6.03 Å². The first-order chi connectivity index (χ1) is 9.88. The molecule has 0 aromatic heterocycles. The molecule has 0 aliphatic rings. The van der Waals surface area contributed by atoms with Gasteiger partial charge in [-0.15, -0.1) is 0 Å². The molecule has 3 N–H and O–H groups in total. The van der Waals surface area contributed by atoms with Crippen LogP contribution in [-0.2, 0) is 4.79 Å². The standard InChI is InChI=1S/C13H18N4O4/c1-9(2)15-12(18)6-7-14-13(19)16-10-4-3-5-11(8-10)17(20)21/h3-5,8-9H,6-7H2,1-2H3,(H,15,18)(H2,14,16,19). The largest absolute Gasteiger partial charge is 0.354 e. The predicted octanol–water partition coefficient (Wildman–Crippen LogP) is 1.63. The summed E-state index contributed by atoms with van der Waals surface area (Å²) in [4.78, 5) is 33.0. The van der Waals surface area contributed by atoms with Gasteiger partial charge in [0, 0.05) is 36.8 Å². The van der Waals surface area contributed by atoms with E-state index in [2.05, 4.69) is 16.0 Å². The zero-order valence-corrected chi connectivity index (χ0v) is 11.9. The average molecular weight is 294 g/mol. The van der Waals surface area contributed by atoms with E-state index in [0.717, 1.165) is 0 Å². The Kier molecular flexibility index (Phi) is 6.12. The Morgan fingerprint density at radius 2 is 2.05 bits per heavy atom. The van der Waals surface area contributed by atoms with Crippen LogP contribution in [0.2, 0.25) is 0 Å². The zero-order chi connectivity index (χ0) is 15.8. The highest BCUT2D eigenvalue weighted by atomic mass is 16.6. The molecule has 0 saturated carbocycles. The first-order valence-electron chi connectivity index (χ1n) is 6.47. The topological polar surface area (TPSA) is 113 Å². The van der Waals surface area contributed by atoms with Gasteiger partial charge < -0.3 is 16.0 Å². The Balaban J connectivity index is 2.39. The molecule has 0 atom stereocenters. The van der Waals surface area contributed by atoms with E-state index in [9.17, 15) is 19.7 Å². The number of carbonyl (C=O) groups excluding carboxylic acids is 2. The van der Waals surface area contributed by atoms with Crippen LogP contribution in [0.3, 0.4) is 0 Å². The van der Waals surface area contributed by atoms with Crippen molar-refractivity contribution in [2.75, 3.05) is 11.9 Å². The minimum absolute atomic E-state index is 0.0520. The number of amides is 3. The molecule has 114 valence electrons. The fraction of sp³-hybridized carbons (Fsp3) is 0.385. The van der Waals surface area contributed by atoms with Crippen molar-refractivity contribution in [3.63, 3.8) is 0 Å². The maximum atomic E-state index is 11.6. The summed E-state index contributed by atoms with van der Waals surface area (Å²) in [6, 6.07) is 5.13. The van der Waals surface area contributed by atoms with Gasteiger partial charge in [0.15, 0.2) is 0 Å². The second-order valence-electron chi connectivity index (χ2n) is 4.66. The van der Waals surface area contributed by atoms with Crippen molar-refractivity contribution in [2.45, 2.75) is 26.3 Å². The van der Waals surface area contributed by atoms with Crippen molar-refractivity contribution in [3.05, 3.63) is 34.4 Å². The highest BCUT2D eigenvalue weighted by molar-refractivity contribution is 5.89. The molecule has 0 aliphatic carbocycles. The van der Waals surface area contributed by atoms with E-state index in [4.69, 9.17) is 0 Å². The molecule has 0 aliphatic heterocycles. The van der Waals surface area contributed by atoms with E-state index < -0.39 is 11.0 Å². The van der Waals surface area contributed by atoms with Gasteiger partial charge in [-0.05, 0) is 19.9 Å². The Labute approximate surface area is 122 Å². The molecule has 0 heterocycles. The van der Waals surface area contributed by atoms with E-state index >= 15 is 0 Å². The number of nitro benzene ring substituents is 1. The highest BCUT2D eigenvalue weighted by Gasteiger charge is 2.08. The van der Waals surface area contributed by atoms with Crippen LogP contribution in [-0.4, -0.2) is 29.4 Å². The van der Waals surface area contributed by atoms with Crippen LogP contribution in [0, 0.1) is 10.1 Å². The molecular formula is C13H18N4O4. The summed E-state index contributed by atoms with van der Waals surface area (Å²) in [5, 5.41) is 18.3. The van der Waals surface area contributed by atoms with Gasteiger partial charge in [-0.1, -0.05) is 6.07 Å². The van der Waals surface area contributed by atoms with Crippen LogP contribution in [0.4, 0.5) is 16.2 Å². The minimum Gasteiger partial charge on any atom is -0.354 e. The van der Waals surface area contributed by atoms with Gasteiger partial charge in [0.05, 0.1) is 4.92 Å². The molecule has 8 nitrogen and oxygen atoms in total. The quantitative estimate of drug-likeness (QED) is 0.546. The molecule has 0 saturated heterocycles. The van der Waals surface area contributed by atoms with Crippen molar-refractivity contribution in [3.8, 4) is 0 Å². The van der Waals surface area contributed by atoms with Crippen LogP contribution in [0.15, 0.2) is 24.3 Å². The SMILES string of the molecule is CC(C)NC(=O)CCNC(=O)Nc1cccc([N+](=O)[O-])c1. The molecule has 8 heteroatoms. The van der Waals surface area contributed by atoms with Gasteiger partial charge in [-0.3, -0.25) is 14.9 Å². The number of hydrogen-bond donors (Lipinski definition) is 3. The maximum absolute atomic E-state index is 11.6. The van der Waals surface area contributed by atoms with Crippen LogP contribution in [0.1, 0.15) is 20.3 Å². The van der Waals surface area contributed by atoms with Gasteiger partial charge in [0.25, 0.3) is 5.69 Å². The Morgan fingerprint density at radius 1 is 1.33 bits per heavy atom. The van der Waals surface area contributed by atoms with Gasteiger partial charge in [0.2, 0.25) is 5.91 Å². The van der Waals surface area contributed by atoms with Gasteiger partial charge in [-0.2, -0.15) is 0 Å². The van der Waals surface area contributed by atoms with E-state index in [1.54, 1.807) is 0 Å². The first kappa shape index (κ1) is 16.4. The monoisotopic (exact) mass is 294 g/mol. The van der Waals surface area contributed by atoms with Gasteiger partial charge in [-0.25, -0.2) is 4.79 Å². The number of nitro groups is 1. The number of hydrogen-bond acceptors (Lipinski definition) is 4. The number of nitrogens with one attached hydrogen (secondary N) is 3. The number of non-ortho nitro benzene ring substituents is 1. The molecule has 1 aromatic rings. The third-order valence-corrected chi connectivity index (χ3v) is 2.40. The second-order valence-corrected chi connectivity index (χ2v) is 4.66. The number of carbonyl (C=O) groups is 2. The molecule has 0 fully saturated rings. The van der Waals surface area contributed by atoms with Gasteiger partial charge in [0.1, 0.15) is 0 Å². The highest BCUT2D eigenvalue weighted by Crippen LogP contribution is 2.16. The number of anilines is 1. The van der Waals surface area contributed by atoms with Crippen LogP contribution in [0.25, 0.3) is 0 Å². The summed E-state index contributed by atoms with van der Waals surface area (Å²) in [5.74, 6) is -0.152. The van der Waals surface area contributed by atoms with Crippen molar-refractivity contribution >= 4 is 23.3 Å². The molecule has 1 aromatic carbocycles. The summed E-state index contributed by atoms with van der Waals surface area (Å²) in [7, 11) is 0. The van der Waals surface area contributed by atoms with Crippen LogP contribution >= 0.6 is 0 Å². The summed E-state index contributed by atoms with van der Waals surface area (Å²) in [5.41, 5.74) is 0.206. The van der Waals surface area contributed by atoms with E-state index in [1.165, 1.54) is 24.3 Å². The summed E-state index contributed by atoms with van der Waals surface area (Å²) < 4.78 is 0. The van der Waals surface area contributed by atoms with E-state index in [0.29, 0.717) is 5.69 Å². The van der Waals surface area contributed by atoms with Crippen molar-refractivity contribution in [1.29, 1.82) is 0 Å². The van der Waals surface area contributed by atoms with Crippen LogP contribution < -0.4 is 16.0 Å². The predicted molar refractivity (Wildman–Crippen MR) is 78.0 cm³/mol. The normalized spacial score (nSPS) is 10.0. The summed E-state index contributed by atoms with van der Waals surface area (Å²) in [6.45, 7) is 3.88. The maximum Gasteiger partial charge on any atom is 0.319 e. The first-order valence-corrected chi connectivity index (χ1v) is 6.47. The fourth-order valence-corrected chi connectivity index (χ4v) is 1.56. The number of urea groups is 1. The average Bonchev–Trinajstić information content (AvgIpc) is 2.37. The molecule has 1 rings (SSSR count). The Morgan fingerprint density at radius 3 is 2.67 bits per heavy atom. The minimum atomic E-state index is -0.542. The molecule has 21 heavy (non-hydrogen) atoms. The molecule has 0 spiro atoms. The van der Waals surface area contributed by atoms with Crippen molar-refractivity contribution in [2.24, 2.45) is 0 Å². The third-order valence-electron chi connectivity index (χ3n) is 2.40. The van der Waals surface area contributed by atoms with Crippen molar-refractivity contribution in [1.82, 2.24) is 10.6 Å². The lowest BCUT2D eigenvalue weighted by molar-refractivity contribution is -0.384. The molecule has 3 amide bonds. The van der Waals surface area contributed by atoms with E-state index in [1.807, 2.05) is 13.8 Å². The number of benzene rings is 1. The second kappa shape index (κ2) is 7.83. The smallest absolute Gasteiger partial charge is 0.319 e. The number of nitrogens with zero attached hydrogens (tertiary/aromatic N) is 1. The van der Waals surface area contributed by atoms with E-state index in [-0.39, 0.29) is 30.6 Å². The Bertz CT molecular complexity index is 531. The lowest BCUT2D eigenvalue weighted by Crippen LogP contribution is -2.35. The Hall–Kier alpha value is -2.64. The summed E-state index contributed by atoms with van der Waals surface area (Å²) >= 11 is 0. The lowest BCUT2D eigenvalue weighted by atomic mass is 10.3. The number of rotatable bonds is 6. The van der Waals surface area contributed by atoms with Crippen molar-refractivity contribution < 1.29 is 14.5 Å². The van der Waals surface area contributed by atoms with Crippen LogP contribution in [0.5, 0.6) is 0 Å². The summed E-state index contributed by atoms with van der Waals surface area (Å²) in [6.07, 6.45) is 0.167. The zero-order valence-electron chi connectivity index (χ0n) is 11.9.